The number of hydrogen-bond acceptors (Lipinski definition) is 2. The second kappa shape index (κ2) is 9.78. The molecule has 0 bridgehead atoms. The third-order valence-corrected chi connectivity index (χ3v) is 6.72. The van der Waals surface area contributed by atoms with Crippen molar-refractivity contribution in [3.8, 4) is 5.75 Å². The fraction of sp³-hybridized carbons (Fsp3) is 0.680. The zero-order valence-electron chi connectivity index (χ0n) is 17.9. The van der Waals surface area contributed by atoms with Gasteiger partial charge in [0.1, 0.15) is 5.75 Å². The summed E-state index contributed by atoms with van der Waals surface area (Å²) < 4.78 is 0. The Hall–Kier alpha value is -1.28. The molecule has 1 aromatic rings. The van der Waals surface area contributed by atoms with Crippen LogP contribution in [-0.2, 0) is 5.41 Å². The van der Waals surface area contributed by atoms with E-state index < -0.39 is 0 Å². The molecule has 0 aliphatic heterocycles. The molecule has 1 aromatic carbocycles. The number of allylic oxidation sites excluding steroid dienone is 1. The molecule has 1 saturated carbocycles. The second-order valence-corrected chi connectivity index (χ2v) is 9.37. The van der Waals surface area contributed by atoms with Gasteiger partial charge in [-0.1, -0.05) is 71.6 Å². The Labute approximate surface area is 166 Å². The van der Waals surface area contributed by atoms with Crippen LogP contribution < -0.4 is 0 Å². The third kappa shape index (κ3) is 5.60. The molecule has 0 heterocycles. The van der Waals surface area contributed by atoms with Crippen molar-refractivity contribution >= 4 is 0 Å². The van der Waals surface area contributed by atoms with Gasteiger partial charge in [-0.15, -0.1) is 6.58 Å². The number of phenols is 1. The predicted octanol–water partition coefficient (Wildman–Crippen LogP) is 6.71. The molecule has 0 saturated heterocycles. The van der Waals surface area contributed by atoms with Gasteiger partial charge in [0.15, 0.2) is 0 Å². The van der Waals surface area contributed by atoms with Crippen molar-refractivity contribution in [1.29, 1.82) is 0 Å². The maximum atomic E-state index is 10.9. The highest BCUT2D eigenvalue weighted by Crippen LogP contribution is 2.46. The van der Waals surface area contributed by atoms with Gasteiger partial charge in [0.05, 0.1) is 6.10 Å². The van der Waals surface area contributed by atoms with E-state index in [1.54, 1.807) is 0 Å². The van der Waals surface area contributed by atoms with Gasteiger partial charge in [-0.2, -0.15) is 0 Å². The Bertz CT molecular complexity index is 604. The summed E-state index contributed by atoms with van der Waals surface area (Å²) in [6.45, 7) is 12.9. The van der Waals surface area contributed by atoms with Crippen LogP contribution in [0.4, 0.5) is 0 Å². The van der Waals surface area contributed by atoms with E-state index in [9.17, 15) is 10.2 Å². The first-order valence-electron chi connectivity index (χ1n) is 10.9. The lowest BCUT2D eigenvalue weighted by Gasteiger charge is -2.39. The average Bonchev–Trinajstić information content (AvgIpc) is 2.61. The number of rotatable bonds is 9. The van der Waals surface area contributed by atoms with Crippen LogP contribution in [-0.4, -0.2) is 16.3 Å². The molecule has 0 radical (unpaired) electrons. The topological polar surface area (TPSA) is 40.5 Å². The fourth-order valence-corrected chi connectivity index (χ4v) is 4.93. The van der Waals surface area contributed by atoms with Crippen LogP contribution >= 0.6 is 0 Å². The normalized spacial score (nSPS) is 26.1. The Morgan fingerprint density at radius 2 is 1.93 bits per heavy atom. The van der Waals surface area contributed by atoms with Gasteiger partial charge in [0, 0.05) is 0 Å². The standard InChI is InChI=1S/C25H40O2/c1-6-8-9-10-14-25(4,5)19-12-13-22(24(27)16-19)23-17-20(26)15-18(3)21(23)11-7-2/h7,12-13,16,18,20-21,23,26-27H,2,6,8-11,14-15,17H2,1,3-5H3/t18-,20+,21+,23+/m0/s1. The van der Waals surface area contributed by atoms with Gasteiger partial charge in [0.25, 0.3) is 0 Å². The van der Waals surface area contributed by atoms with Crippen LogP contribution in [0.3, 0.4) is 0 Å². The number of unbranched alkanes of at least 4 members (excludes halogenated alkanes) is 3. The van der Waals surface area contributed by atoms with Crippen molar-refractivity contribution < 1.29 is 10.2 Å². The molecule has 1 aliphatic carbocycles. The van der Waals surface area contributed by atoms with Crippen LogP contribution in [0.5, 0.6) is 5.75 Å². The van der Waals surface area contributed by atoms with Gasteiger partial charge in [-0.25, -0.2) is 0 Å². The van der Waals surface area contributed by atoms with Gasteiger partial charge >= 0.3 is 0 Å². The fourth-order valence-electron chi connectivity index (χ4n) is 4.93. The summed E-state index contributed by atoms with van der Waals surface area (Å²) in [4.78, 5) is 0. The Kier molecular flexibility index (Phi) is 7.97. The minimum atomic E-state index is -0.278. The van der Waals surface area contributed by atoms with Crippen LogP contribution in [0.1, 0.15) is 96.1 Å². The van der Waals surface area contributed by atoms with Crippen molar-refractivity contribution in [2.45, 2.75) is 96.5 Å². The molecule has 0 amide bonds. The van der Waals surface area contributed by atoms with Crippen molar-refractivity contribution in [2.75, 3.05) is 0 Å². The van der Waals surface area contributed by atoms with Crippen LogP contribution in [0.15, 0.2) is 30.9 Å². The first-order valence-corrected chi connectivity index (χ1v) is 10.9. The second-order valence-electron chi connectivity index (χ2n) is 9.37. The molecule has 0 aromatic heterocycles. The summed E-state index contributed by atoms with van der Waals surface area (Å²) in [6, 6.07) is 6.29. The number of aliphatic hydroxyl groups is 1. The molecule has 0 unspecified atom stereocenters. The molecule has 0 spiro atoms. The number of aliphatic hydroxyl groups excluding tert-OH is 1. The predicted molar refractivity (Wildman–Crippen MR) is 115 cm³/mol. The van der Waals surface area contributed by atoms with E-state index in [0.717, 1.165) is 31.2 Å². The number of aromatic hydroxyl groups is 1. The van der Waals surface area contributed by atoms with Gasteiger partial charge in [-0.3, -0.25) is 0 Å². The minimum Gasteiger partial charge on any atom is -0.508 e. The SMILES string of the molecule is C=CC[C@@H]1[C@@H](C)C[C@@H](O)C[C@H]1c1ccc(C(C)(C)CCCCCC)cc1O. The molecule has 2 heteroatoms. The number of benzene rings is 1. The van der Waals surface area contributed by atoms with E-state index in [-0.39, 0.29) is 17.4 Å². The van der Waals surface area contributed by atoms with E-state index in [4.69, 9.17) is 0 Å². The molecule has 2 rings (SSSR count). The van der Waals surface area contributed by atoms with Crippen molar-refractivity contribution in [1.82, 2.24) is 0 Å². The lowest BCUT2D eigenvalue weighted by molar-refractivity contribution is 0.0595. The summed E-state index contributed by atoms with van der Waals surface area (Å²) in [5, 5.41) is 21.2. The zero-order chi connectivity index (χ0) is 20.0. The van der Waals surface area contributed by atoms with Crippen LogP contribution in [0.25, 0.3) is 0 Å². The highest BCUT2D eigenvalue weighted by molar-refractivity contribution is 5.42. The first kappa shape index (κ1) is 22.0. The highest BCUT2D eigenvalue weighted by atomic mass is 16.3. The minimum absolute atomic E-state index is 0.0731. The van der Waals surface area contributed by atoms with E-state index in [1.807, 2.05) is 12.1 Å². The van der Waals surface area contributed by atoms with Crippen LogP contribution in [0.2, 0.25) is 0 Å². The van der Waals surface area contributed by atoms with Crippen molar-refractivity contribution in [3.05, 3.63) is 42.0 Å². The van der Waals surface area contributed by atoms with Gasteiger partial charge in [0.2, 0.25) is 0 Å². The molecular formula is C25H40O2. The largest absolute Gasteiger partial charge is 0.508 e. The maximum absolute atomic E-state index is 10.9. The molecular weight excluding hydrogens is 332 g/mol. The molecule has 2 N–H and O–H groups in total. The van der Waals surface area contributed by atoms with E-state index >= 15 is 0 Å². The Morgan fingerprint density at radius 3 is 2.56 bits per heavy atom. The molecule has 1 aliphatic rings. The monoisotopic (exact) mass is 372 g/mol. The summed E-state index contributed by atoms with van der Waals surface area (Å²) in [5.41, 5.74) is 2.28. The summed E-state index contributed by atoms with van der Waals surface area (Å²) >= 11 is 0. The smallest absolute Gasteiger partial charge is 0.119 e. The van der Waals surface area contributed by atoms with Gasteiger partial charge < -0.3 is 10.2 Å². The van der Waals surface area contributed by atoms with E-state index in [0.29, 0.717) is 17.6 Å². The highest BCUT2D eigenvalue weighted by Gasteiger charge is 2.36. The summed E-state index contributed by atoms with van der Waals surface area (Å²) in [7, 11) is 0. The maximum Gasteiger partial charge on any atom is 0.119 e. The lowest BCUT2D eigenvalue weighted by Crippen LogP contribution is -2.32. The molecule has 4 atom stereocenters. The number of hydrogen-bond donors (Lipinski definition) is 2. The number of phenolic OH excluding ortho intramolecular Hbond substituents is 1. The van der Waals surface area contributed by atoms with Crippen LogP contribution in [0, 0.1) is 11.8 Å². The van der Waals surface area contributed by atoms with Crippen molar-refractivity contribution in [2.24, 2.45) is 11.8 Å². The third-order valence-electron chi connectivity index (χ3n) is 6.72. The van der Waals surface area contributed by atoms with E-state index in [2.05, 4.69) is 46.4 Å². The average molecular weight is 373 g/mol. The molecule has 27 heavy (non-hydrogen) atoms. The van der Waals surface area contributed by atoms with Gasteiger partial charge in [-0.05, 0) is 66.0 Å². The lowest BCUT2D eigenvalue weighted by atomic mass is 9.67. The summed E-state index contributed by atoms with van der Waals surface area (Å²) in [5.74, 6) is 1.47. The quantitative estimate of drug-likeness (QED) is 0.374. The first-order chi connectivity index (χ1) is 12.8. The zero-order valence-corrected chi connectivity index (χ0v) is 17.9. The molecule has 152 valence electrons. The van der Waals surface area contributed by atoms with E-state index in [1.165, 1.54) is 31.2 Å². The summed E-state index contributed by atoms with van der Waals surface area (Å²) in [6.07, 6.45) is 10.4. The molecule has 1 fully saturated rings. The Balaban J connectivity index is 2.20. The molecule has 2 nitrogen and oxygen atoms in total. The van der Waals surface area contributed by atoms with Crippen molar-refractivity contribution in [3.63, 3.8) is 0 Å². The Morgan fingerprint density at radius 1 is 1.19 bits per heavy atom.